The van der Waals surface area contributed by atoms with Gasteiger partial charge in [-0.05, 0) is 43.4 Å². The Hall–Kier alpha value is -1.94. The molecule has 0 saturated carbocycles. The highest BCUT2D eigenvalue weighted by Crippen LogP contribution is 2.45. The molecule has 0 amide bonds. The lowest BCUT2D eigenvalue weighted by atomic mass is 10.0. The summed E-state index contributed by atoms with van der Waals surface area (Å²) in [5.41, 5.74) is 0. The van der Waals surface area contributed by atoms with Gasteiger partial charge in [0.05, 0.1) is 26.4 Å². The first-order chi connectivity index (χ1) is 51.2. The van der Waals surface area contributed by atoms with E-state index in [9.17, 15) is 43.2 Å². The van der Waals surface area contributed by atoms with Gasteiger partial charge in [0.15, 0.2) is 12.2 Å². The number of esters is 4. The highest BCUT2D eigenvalue weighted by Gasteiger charge is 2.30. The number of carbonyl (C=O) groups is 4. The van der Waals surface area contributed by atoms with Crippen LogP contribution in [0.4, 0.5) is 0 Å². The molecule has 0 aromatic carbocycles. The first kappa shape index (κ1) is 104. The highest BCUT2D eigenvalue weighted by molar-refractivity contribution is 7.47. The monoisotopic (exact) mass is 1550 g/mol. The van der Waals surface area contributed by atoms with Gasteiger partial charge in [-0.2, -0.15) is 0 Å². The maximum absolute atomic E-state index is 13.2. The zero-order valence-electron chi connectivity index (χ0n) is 69.9. The minimum atomic E-state index is -4.97. The zero-order chi connectivity index (χ0) is 77.9. The summed E-state index contributed by atoms with van der Waals surface area (Å²) in [7, 11) is -9.93. The van der Waals surface area contributed by atoms with Gasteiger partial charge in [0, 0.05) is 25.7 Å². The van der Waals surface area contributed by atoms with Crippen molar-refractivity contribution in [2.45, 2.75) is 478 Å². The van der Waals surface area contributed by atoms with Crippen molar-refractivity contribution >= 4 is 39.5 Å². The van der Waals surface area contributed by atoms with Gasteiger partial charge in [-0.25, -0.2) is 9.13 Å². The Labute approximate surface area is 651 Å². The van der Waals surface area contributed by atoms with Gasteiger partial charge in [-0.3, -0.25) is 37.3 Å². The third-order valence-corrected chi connectivity index (χ3v) is 22.3. The SMILES string of the molecule is CCCCCCCCCCCCCCCCCCCCCCC(=O)O[C@H](COC(=O)CCCCCCCCCCCCCCCCCC(C)C)COP(=O)(O)OC[C@@H](O)COP(=O)(O)OC[C@@H](COC(=O)CCCCCCCCCCCC(C)C)OC(=O)CCCCCCCCCCCCCCCC(C)C. The lowest BCUT2D eigenvalue weighted by Crippen LogP contribution is -2.30. The van der Waals surface area contributed by atoms with Crippen molar-refractivity contribution in [2.24, 2.45) is 17.8 Å². The van der Waals surface area contributed by atoms with Crippen LogP contribution in [0.1, 0.15) is 459 Å². The average Bonchev–Trinajstić information content (AvgIpc) is 0.899. The summed E-state index contributed by atoms with van der Waals surface area (Å²) in [6, 6.07) is 0. The fourth-order valence-corrected chi connectivity index (χ4v) is 15.1. The second-order valence-electron chi connectivity index (χ2n) is 32.7. The number of phosphoric acid groups is 2. The largest absolute Gasteiger partial charge is 0.472 e. The molecule has 3 N–H and O–H groups in total. The van der Waals surface area contributed by atoms with Crippen molar-refractivity contribution in [2.75, 3.05) is 39.6 Å². The van der Waals surface area contributed by atoms with Crippen LogP contribution in [0.3, 0.4) is 0 Å². The van der Waals surface area contributed by atoms with E-state index in [1.807, 2.05) is 0 Å². The maximum atomic E-state index is 13.2. The van der Waals surface area contributed by atoms with Gasteiger partial charge in [0.1, 0.15) is 19.3 Å². The lowest BCUT2D eigenvalue weighted by Gasteiger charge is -2.21. The van der Waals surface area contributed by atoms with Crippen molar-refractivity contribution in [3.8, 4) is 0 Å². The van der Waals surface area contributed by atoms with E-state index in [2.05, 4.69) is 48.5 Å². The van der Waals surface area contributed by atoms with E-state index >= 15 is 0 Å². The summed E-state index contributed by atoms with van der Waals surface area (Å²) in [4.78, 5) is 73.3. The molecule has 106 heavy (non-hydrogen) atoms. The van der Waals surface area contributed by atoms with E-state index in [0.29, 0.717) is 25.7 Å². The molecule has 2 unspecified atom stereocenters. The molecule has 0 spiro atoms. The van der Waals surface area contributed by atoms with E-state index in [-0.39, 0.29) is 25.7 Å². The number of ether oxygens (including phenoxy) is 4. The number of hydrogen-bond acceptors (Lipinski definition) is 15. The Morgan fingerprint density at radius 1 is 0.255 bits per heavy atom. The Morgan fingerprint density at radius 3 is 0.642 bits per heavy atom. The molecule has 0 rings (SSSR count). The topological polar surface area (TPSA) is 237 Å². The number of hydrogen-bond donors (Lipinski definition) is 3. The van der Waals surface area contributed by atoms with Gasteiger partial charge in [0.2, 0.25) is 0 Å². The standard InChI is InChI=1S/C87H170O17P2/c1-8-9-10-11-12-13-14-15-16-17-18-19-20-23-29-34-41-49-56-63-70-86(91)103-82(74-97-84(89)68-61-54-47-40-33-28-24-21-22-26-31-37-44-51-58-65-78(2)3)76-101-105(93,94)99-72-81(88)73-100-106(95,96)102-77-83(75-98-85(90)69-62-55-48-43-36-39-46-53-60-67-80(6)7)104-87(92)71-64-57-50-42-35-30-25-27-32-38-45-52-59-66-79(4)5/h78-83,88H,8-77H2,1-7H3,(H,93,94)(H,95,96)/t81-,82-,83-/m1/s1. The third kappa shape index (κ3) is 80.1. The summed E-state index contributed by atoms with van der Waals surface area (Å²) in [6.45, 7) is 12.0. The van der Waals surface area contributed by atoms with Gasteiger partial charge < -0.3 is 33.8 Å². The van der Waals surface area contributed by atoms with Crippen LogP contribution in [0, 0.1) is 17.8 Å². The van der Waals surface area contributed by atoms with Crippen LogP contribution < -0.4 is 0 Å². The Bertz CT molecular complexity index is 2040. The second-order valence-corrected chi connectivity index (χ2v) is 35.6. The molecule has 0 radical (unpaired) electrons. The molecule has 0 heterocycles. The van der Waals surface area contributed by atoms with Crippen molar-refractivity contribution in [3.63, 3.8) is 0 Å². The van der Waals surface area contributed by atoms with Crippen molar-refractivity contribution < 1.29 is 80.2 Å². The number of unbranched alkanes of at least 4 members (excludes halogenated alkanes) is 53. The molecular formula is C87H170O17P2. The Morgan fingerprint density at radius 2 is 0.434 bits per heavy atom. The van der Waals surface area contributed by atoms with Gasteiger partial charge in [-0.15, -0.1) is 0 Å². The lowest BCUT2D eigenvalue weighted by molar-refractivity contribution is -0.161. The predicted octanol–water partition coefficient (Wildman–Crippen LogP) is 26.5. The van der Waals surface area contributed by atoms with Crippen LogP contribution in [0.5, 0.6) is 0 Å². The van der Waals surface area contributed by atoms with E-state index in [1.165, 1.54) is 270 Å². The summed E-state index contributed by atoms with van der Waals surface area (Å²) in [5, 5.41) is 10.7. The molecule has 17 nitrogen and oxygen atoms in total. The number of aliphatic hydroxyl groups excluding tert-OH is 1. The van der Waals surface area contributed by atoms with Crippen molar-refractivity contribution in [3.05, 3.63) is 0 Å². The molecule has 19 heteroatoms. The molecule has 0 aliphatic carbocycles. The molecule has 0 fully saturated rings. The molecule has 0 aromatic rings. The number of rotatable bonds is 85. The molecule has 0 aliphatic rings. The van der Waals surface area contributed by atoms with E-state index < -0.39 is 97.5 Å². The first-order valence-corrected chi connectivity index (χ1v) is 47.8. The Balaban J connectivity index is 5.26. The fourth-order valence-electron chi connectivity index (χ4n) is 13.5. The second kappa shape index (κ2) is 77.0. The molecule has 630 valence electrons. The highest BCUT2D eigenvalue weighted by atomic mass is 31.2. The van der Waals surface area contributed by atoms with Gasteiger partial charge in [-0.1, -0.05) is 408 Å². The maximum Gasteiger partial charge on any atom is 0.472 e. The molecular weight excluding hydrogens is 1380 g/mol. The van der Waals surface area contributed by atoms with Crippen LogP contribution in [-0.4, -0.2) is 96.7 Å². The van der Waals surface area contributed by atoms with Crippen LogP contribution in [-0.2, 0) is 65.4 Å². The van der Waals surface area contributed by atoms with Gasteiger partial charge in [0.25, 0.3) is 0 Å². The predicted molar refractivity (Wildman–Crippen MR) is 437 cm³/mol. The first-order valence-electron chi connectivity index (χ1n) is 44.8. The minimum absolute atomic E-state index is 0.107. The quantitative estimate of drug-likeness (QED) is 0.0222. The summed E-state index contributed by atoms with van der Waals surface area (Å²) in [5.74, 6) is 0.234. The molecule has 0 saturated heterocycles. The summed E-state index contributed by atoms with van der Waals surface area (Å²) >= 11 is 0. The summed E-state index contributed by atoms with van der Waals surface area (Å²) < 4.78 is 69.0. The number of carbonyl (C=O) groups excluding carboxylic acids is 4. The van der Waals surface area contributed by atoms with Crippen molar-refractivity contribution in [1.29, 1.82) is 0 Å². The van der Waals surface area contributed by atoms with Crippen LogP contribution >= 0.6 is 15.6 Å². The normalized spacial score (nSPS) is 13.9. The van der Waals surface area contributed by atoms with Crippen molar-refractivity contribution in [1.82, 2.24) is 0 Å². The average molecular weight is 1550 g/mol. The Kier molecular flexibility index (Phi) is 75.6. The summed E-state index contributed by atoms with van der Waals surface area (Å²) in [6.07, 6.45) is 68.0. The minimum Gasteiger partial charge on any atom is -0.462 e. The van der Waals surface area contributed by atoms with E-state index in [1.54, 1.807) is 0 Å². The third-order valence-electron chi connectivity index (χ3n) is 20.4. The van der Waals surface area contributed by atoms with E-state index in [4.69, 9.17) is 37.0 Å². The molecule has 5 atom stereocenters. The number of aliphatic hydroxyl groups is 1. The van der Waals surface area contributed by atoms with Crippen LogP contribution in [0.25, 0.3) is 0 Å². The number of phosphoric ester groups is 2. The smallest absolute Gasteiger partial charge is 0.462 e. The van der Waals surface area contributed by atoms with Gasteiger partial charge >= 0.3 is 39.5 Å². The molecule has 0 aromatic heterocycles. The molecule has 0 bridgehead atoms. The van der Waals surface area contributed by atoms with Crippen LogP contribution in [0.2, 0.25) is 0 Å². The molecule has 0 aliphatic heterocycles. The zero-order valence-corrected chi connectivity index (χ0v) is 71.7. The van der Waals surface area contributed by atoms with Crippen LogP contribution in [0.15, 0.2) is 0 Å². The van der Waals surface area contributed by atoms with E-state index in [0.717, 1.165) is 108 Å². The fraction of sp³-hybridized carbons (Fsp3) is 0.954.